The molecule has 0 heterocycles. The van der Waals surface area contributed by atoms with Crippen molar-refractivity contribution in [3.63, 3.8) is 0 Å². The van der Waals surface area contributed by atoms with Gasteiger partial charge in [0.2, 0.25) is 0 Å². The van der Waals surface area contributed by atoms with E-state index in [0.717, 1.165) is 6.08 Å². The number of benzene rings is 1. The average Bonchev–Trinajstić information content (AvgIpc) is 2.34. The number of carbonyl (C=O) groups excluding carboxylic acids is 1. The van der Waals surface area contributed by atoms with Gasteiger partial charge in [0.25, 0.3) is 5.91 Å². The predicted molar refractivity (Wildman–Crippen MR) is 82.7 cm³/mol. The fourth-order valence-electron chi connectivity index (χ4n) is 1.24. The summed E-state index contributed by atoms with van der Waals surface area (Å²) >= 11 is 6.66. The molecule has 20 heavy (non-hydrogen) atoms. The van der Waals surface area contributed by atoms with Gasteiger partial charge in [-0.1, -0.05) is 0 Å². The highest BCUT2D eigenvalue weighted by Crippen LogP contribution is 2.35. The van der Waals surface area contributed by atoms with Crippen LogP contribution in [0, 0.1) is 0 Å². The number of rotatable bonds is 5. The molecule has 1 amide bonds. The second kappa shape index (κ2) is 7.44. The summed E-state index contributed by atoms with van der Waals surface area (Å²) in [5.41, 5.74) is 0.692. The molecule has 1 rings (SSSR count). The largest absolute Gasteiger partial charge is 0.481 e. The van der Waals surface area contributed by atoms with Gasteiger partial charge in [-0.25, -0.2) is 4.79 Å². The van der Waals surface area contributed by atoms with Crippen LogP contribution < -0.4 is 4.74 Å². The molecule has 1 N–H and O–H groups in total. The van der Waals surface area contributed by atoms with E-state index >= 15 is 0 Å². The lowest BCUT2D eigenvalue weighted by atomic mass is 10.2. The first-order chi connectivity index (χ1) is 9.31. The minimum Gasteiger partial charge on any atom is -0.481 e. The van der Waals surface area contributed by atoms with Crippen molar-refractivity contribution in [1.82, 2.24) is 4.90 Å². The summed E-state index contributed by atoms with van der Waals surface area (Å²) in [5, 5.41) is 8.59. The molecule has 1 aromatic carbocycles. The lowest BCUT2D eigenvalue weighted by Gasteiger charge is -2.14. The van der Waals surface area contributed by atoms with Crippen LogP contribution in [0.25, 0.3) is 6.08 Å². The topological polar surface area (TPSA) is 66.8 Å². The van der Waals surface area contributed by atoms with Crippen molar-refractivity contribution in [2.45, 2.75) is 0 Å². The molecule has 0 spiro atoms. The number of hydrogen-bond acceptors (Lipinski definition) is 3. The summed E-state index contributed by atoms with van der Waals surface area (Å²) in [6, 6.07) is 3.42. The number of likely N-dealkylation sites (N-methyl/N-ethyl adjacent to an activating group) is 1. The maximum Gasteiger partial charge on any atom is 0.328 e. The summed E-state index contributed by atoms with van der Waals surface area (Å²) in [7, 11) is 3.30. The molecule has 0 aliphatic rings. The number of halogens is 2. The van der Waals surface area contributed by atoms with E-state index in [4.69, 9.17) is 9.84 Å². The Morgan fingerprint density at radius 3 is 2.30 bits per heavy atom. The molecule has 0 fully saturated rings. The summed E-state index contributed by atoms with van der Waals surface area (Å²) in [6.07, 6.45) is 2.51. The van der Waals surface area contributed by atoms with Gasteiger partial charge in [0.05, 0.1) is 8.95 Å². The number of carboxylic acids is 1. The van der Waals surface area contributed by atoms with Crippen LogP contribution in [-0.2, 0) is 9.59 Å². The zero-order valence-electron chi connectivity index (χ0n) is 10.9. The maximum absolute atomic E-state index is 11.5. The van der Waals surface area contributed by atoms with Crippen LogP contribution in [-0.4, -0.2) is 42.6 Å². The summed E-state index contributed by atoms with van der Waals surface area (Å²) in [5.74, 6) is -0.680. The summed E-state index contributed by atoms with van der Waals surface area (Å²) < 4.78 is 6.70. The van der Waals surface area contributed by atoms with E-state index in [1.165, 1.54) is 11.0 Å². The van der Waals surface area contributed by atoms with Crippen molar-refractivity contribution in [3.05, 3.63) is 32.7 Å². The van der Waals surface area contributed by atoms with Crippen LogP contribution in [0.3, 0.4) is 0 Å². The SMILES string of the molecule is CN(C)C(=O)COc1c(Br)cc(/C=C/C(=O)O)cc1Br. The van der Waals surface area contributed by atoms with Crippen LogP contribution in [0.5, 0.6) is 5.75 Å². The molecule has 0 atom stereocenters. The van der Waals surface area contributed by atoms with Gasteiger partial charge in [-0.2, -0.15) is 0 Å². The lowest BCUT2D eigenvalue weighted by molar-refractivity contribution is -0.131. The van der Waals surface area contributed by atoms with Gasteiger partial charge >= 0.3 is 5.97 Å². The molecule has 108 valence electrons. The fourth-order valence-corrected chi connectivity index (χ4v) is 2.69. The molecule has 0 unspecified atom stereocenters. The Balaban J connectivity index is 2.89. The third-order valence-corrected chi connectivity index (χ3v) is 3.46. The fraction of sp³-hybridized carbons (Fsp3) is 0.231. The van der Waals surface area contributed by atoms with Crippen LogP contribution in [0.1, 0.15) is 5.56 Å². The first-order valence-corrected chi connectivity index (χ1v) is 7.13. The second-order valence-electron chi connectivity index (χ2n) is 4.06. The number of nitrogens with zero attached hydrogens (tertiary/aromatic N) is 1. The number of carboxylic acid groups (broad SMARTS) is 1. The van der Waals surface area contributed by atoms with Crippen LogP contribution in [0.4, 0.5) is 0 Å². The molecule has 0 aromatic heterocycles. The van der Waals surface area contributed by atoms with Crippen molar-refractivity contribution < 1.29 is 19.4 Å². The Morgan fingerprint density at radius 2 is 1.85 bits per heavy atom. The predicted octanol–water partition coefficient (Wildman–Crippen LogP) is 2.78. The minimum atomic E-state index is -1.02. The van der Waals surface area contributed by atoms with Gasteiger partial charge in [0.1, 0.15) is 5.75 Å². The minimum absolute atomic E-state index is 0.0749. The van der Waals surface area contributed by atoms with E-state index in [2.05, 4.69) is 31.9 Å². The number of hydrogen-bond donors (Lipinski definition) is 1. The van der Waals surface area contributed by atoms with E-state index in [-0.39, 0.29) is 12.5 Å². The van der Waals surface area contributed by atoms with Gasteiger partial charge in [-0.05, 0) is 55.6 Å². The van der Waals surface area contributed by atoms with Crippen molar-refractivity contribution >= 4 is 49.8 Å². The van der Waals surface area contributed by atoms with E-state index in [1.54, 1.807) is 26.2 Å². The van der Waals surface area contributed by atoms with Crippen molar-refractivity contribution in [2.24, 2.45) is 0 Å². The Bertz CT molecular complexity index is 532. The van der Waals surface area contributed by atoms with E-state index < -0.39 is 5.97 Å². The zero-order valence-corrected chi connectivity index (χ0v) is 14.1. The Hall–Kier alpha value is -1.34. The normalized spacial score (nSPS) is 10.6. The van der Waals surface area contributed by atoms with E-state index in [9.17, 15) is 9.59 Å². The molecule has 1 aromatic rings. The second-order valence-corrected chi connectivity index (χ2v) is 5.77. The number of aliphatic carboxylic acids is 1. The van der Waals surface area contributed by atoms with Gasteiger partial charge in [0, 0.05) is 20.2 Å². The van der Waals surface area contributed by atoms with Gasteiger partial charge in [0.15, 0.2) is 6.61 Å². The highest BCUT2D eigenvalue weighted by atomic mass is 79.9. The third kappa shape index (κ3) is 4.97. The Kier molecular flexibility index (Phi) is 6.22. The molecular weight excluding hydrogens is 394 g/mol. The van der Waals surface area contributed by atoms with Crippen molar-refractivity contribution in [1.29, 1.82) is 0 Å². The van der Waals surface area contributed by atoms with E-state index in [0.29, 0.717) is 20.3 Å². The lowest BCUT2D eigenvalue weighted by Crippen LogP contribution is -2.27. The highest BCUT2D eigenvalue weighted by Gasteiger charge is 2.11. The van der Waals surface area contributed by atoms with Crippen LogP contribution >= 0.6 is 31.9 Å². The van der Waals surface area contributed by atoms with Crippen LogP contribution in [0.15, 0.2) is 27.2 Å². The van der Waals surface area contributed by atoms with E-state index in [1.807, 2.05) is 0 Å². The summed E-state index contributed by atoms with van der Waals surface area (Å²) in [4.78, 5) is 23.4. The smallest absolute Gasteiger partial charge is 0.328 e. The monoisotopic (exact) mass is 405 g/mol. The molecule has 0 aliphatic carbocycles. The molecule has 0 radical (unpaired) electrons. The zero-order chi connectivity index (χ0) is 15.3. The summed E-state index contributed by atoms with van der Waals surface area (Å²) in [6.45, 7) is -0.0749. The van der Waals surface area contributed by atoms with Crippen molar-refractivity contribution in [3.8, 4) is 5.75 Å². The van der Waals surface area contributed by atoms with Gasteiger partial charge in [-0.15, -0.1) is 0 Å². The molecular formula is C13H13Br2NO4. The highest BCUT2D eigenvalue weighted by molar-refractivity contribution is 9.11. The molecule has 7 heteroatoms. The average molecular weight is 407 g/mol. The molecule has 0 aliphatic heterocycles. The van der Waals surface area contributed by atoms with Crippen molar-refractivity contribution in [2.75, 3.05) is 20.7 Å². The quantitative estimate of drug-likeness (QED) is 0.763. The van der Waals surface area contributed by atoms with Gasteiger partial charge < -0.3 is 14.7 Å². The number of carbonyl (C=O) groups is 2. The number of amides is 1. The Morgan fingerprint density at radius 1 is 1.30 bits per heavy atom. The molecule has 0 saturated heterocycles. The Labute approximate surface area is 133 Å². The number of ether oxygens (including phenoxy) is 1. The maximum atomic E-state index is 11.5. The standard InChI is InChI=1S/C13H13Br2NO4/c1-16(2)11(17)7-20-13-9(14)5-8(6-10(13)15)3-4-12(18)19/h3-6H,7H2,1-2H3,(H,18,19)/b4-3+. The first kappa shape index (κ1) is 16.7. The molecule has 0 saturated carbocycles. The van der Waals surface area contributed by atoms with Crippen LogP contribution in [0.2, 0.25) is 0 Å². The first-order valence-electron chi connectivity index (χ1n) is 5.54. The molecule has 5 nitrogen and oxygen atoms in total. The van der Waals surface area contributed by atoms with Gasteiger partial charge in [-0.3, -0.25) is 4.79 Å². The third-order valence-electron chi connectivity index (χ3n) is 2.28. The molecule has 0 bridgehead atoms.